The highest BCUT2D eigenvalue weighted by molar-refractivity contribution is 8.13. The van der Waals surface area contributed by atoms with Crippen LogP contribution in [0.15, 0.2) is 0 Å². The first-order chi connectivity index (χ1) is 7.39. The molecule has 0 radical (unpaired) electrons. The molecule has 1 heterocycles. The molecule has 0 amide bonds. The highest BCUT2D eigenvalue weighted by atomic mass is 32.2. The molecule has 2 atom stereocenters. The van der Waals surface area contributed by atoms with Gasteiger partial charge >= 0.3 is 5.97 Å². The zero-order valence-corrected chi connectivity index (χ0v) is 11.0. The number of ether oxygens (including phenoxy) is 1. The summed E-state index contributed by atoms with van der Waals surface area (Å²) in [6.45, 7) is 6.83. The third kappa shape index (κ3) is 2.83. The summed E-state index contributed by atoms with van der Waals surface area (Å²) in [6.07, 6.45) is -0.243. The van der Waals surface area contributed by atoms with Crippen molar-refractivity contribution < 1.29 is 13.9 Å². The molecule has 0 saturated carbocycles. The molecule has 1 aliphatic heterocycles. The molecule has 0 bridgehead atoms. The molecule has 1 saturated heterocycles. The van der Waals surface area contributed by atoms with Crippen LogP contribution in [-0.4, -0.2) is 46.8 Å². The molecule has 1 fully saturated rings. The van der Waals surface area contributed by atoms with Crippen molar-refractivity contribution in [2.75, 3.05) is 19.7 Å². The first-order valence-corrected chi connectivity index (χ1v) is 6.85. The predicted molar refractivity (Wildman–Crippen MR) is 66.5 cm³/mol. The summed E-state index contributed by atoms with van der Waals surface area (Å²) in [5.41, 5.74) is 0. The Kier molecular flexibility index (Phi) is 4.50. The third-order valence-corrected chi connectivity index (χ3v) is 5.06. The van der Waals surface area contributed by atoms with Crippen molar-refractivity contribution >= 4 is 22.5 Å². The monoisotopic (exact) mass is 249 g/mol. The maximum Gasteiger partial charge on any atom is 0.322 e. The zero-order valence-electron chi connectivity index (χ0n) is 10.2. The van der Waals surface area contributed by atoms with Gasteiger partial charge in [0, 0.05) is 13.1 Å². The lowest BCUT2D eigenvalue weighted by Crippen LogP contribution is -2.36. The Morgan fingerprint density at radius 2 is 2.31 bits per heavy atom. The van der Waals surface area contributed by atoms with Gasteiger partial charge in [-0.25, -0.2) is 4.39 Å². The summed E-state index contributed by atoms with van der Waals surface area (Å²) >= 11 is 0. The van der Waals surface area contributed by atoms with Gasteiger partial charge in [-0.15, -0.1) is 10.7 Å². The molecule has 1 aliphatic rings. The van der Waals surface area contributed by atoms with Crippen LogP contribution in [0, 0.1) is 0 Å². The number of hydrogen-bond acceptors (Lipinski definition) is 3. The number of alkyl halides is 1. The van der Waals surface area contributed by atoms with Gasteiger partial charge in [0.25, 0.3) is 0 Å². The molecule has 0 aliphatic carbocycles. The van der Waals surface area contributed by atoms with E-state index in [4.69, 9.17) is 4.74 Å². The van der Waals surface area contributed by atoms with Crippen molar-refractivity contribution in [2.45, 2.75) is 38.1 Å². The average Bonchev–Trinajstić information content (AvgIpc) is 2.64. The van der Waals surface area contributed by atoms with E-state index in [0.717, 1.165) is 0 Å². The average molecular weight is 249 g/mol. The van der Waals surface area contributed by atoms with Crippen LogP contribution in [0.3, 0.4) is 0 Å². The van der Waals surface area contributed by atoms with Crippen LogP contribution in [0.1, 0.15) is 27.2 Å². The van der Waals surface area contributed by atoms with Crippen LogP contribution in [0.4, 0.5) is 4.39 Å². The first kappa shape index (κ1) is 13.6. The number of carbonyl (C=O) groups is 1. The zero-order chi connectivity index (χ0) is 12.3. The Hall–Kier alpha value is -0.420. The lowest BCUT2D eigenvalue weighted by molar-refractivity contribution is -0.145. The van der Waals surface area contributed by atoms with Crippen molar-refractivity contribution in [2.24, 2.45) is 0 Å². The second kappa shape index (κ2) is 5.27. The Morgan fingerprint density at radius 3 is 2.75 bits per heavy atom. The number of rotatable bonds is 4. The molecule has 1 unspecified atom stereocenters. The number of nitrogens with zero attached hydrogens (tertiary/aromatic N) is 1. The van der Waals surface area contributed by atoms with Crippen LogP contribution in [0.2, 0.25) is 0 Å². The summed E-state index contributed by atoms with van der Waals surface area (Å²) in [5, 5.41) is 0. The first-order valence-electron chi connectivity index (χ1n) is 5.50. The van der Waals surface area contributed by atoms with Crippen molar-refractivity contribution in [3.8, 4) is 0 Å². The van der Waals surface area contributed by atoms with E-state index in [1.54, 1.807) is 6.92 Å². The summed E-state index contributed by atoms with van der Waals surface area (Å²) in [5.74, 6) is 3.76. The highest BCUT2D eigenvalue weighted by Gasteiger charge is 2.37. The second-order valence-corrected chi connectivity index (χ2v) is 6.64. The maximum atomic E-state index is 13.1. The maximum absolute atomic E-state index is 13.1. The minimum absolute atomic E-state index is 0.254. The van der Waals surface area contributed by atoms with E-state index in [1.807, 2.05) is 18.2 Å². The van der Waals surface area contributed by atoms with Crippen LogP contribution in [0.5, 0.6) is 0 Å². The summed E-state index contributed by atoms with van der Waals surface area (Å²) in [6, 6.07) is 0. The van der Waals surface area contributed by atoms with Gasteiger partial charge in [-0.2, -0.15) is 0 Å². The molecule has 3 nitrogen and oxygen atoms in total. The number of halogens is 1. The Bertz CT molecular complexity index is 294. The molecule has 0 aromatic rings. The van der Waals surface area contributed by atoms with E-state index in [2.05, 4.69) is 5.87 Å². The molecule has 16 heavy (non-hydrogen) atoms. The Balaban J connectivity index is 2.68. The topological polar surface area (TPSA) is 29.5 Å². The molecule has 1 rings (SSSR count). The molecular weight excluding hydrogens is 229 g/mol. The quantitative estimate of drug-likeness (QED) is 0.563. The van der Waals surface area contributed by atoms with E-state index in [1.165, 1.54) is 0 Å². The fourth-order valence-corrected chi connectivity index (χ4v) is 3.18. The Labute approximate surface area is 99.0 Å². The molecule has 0 aromatic carbocycles. The molecule has 94 valence electrons. The highest BCUT2D eigenvalue weighted by Crippen LogP contribution is 2.37. The summed E-state index contributed by atoms with van der Waals surface area (Å²) in [7, 11) is -0.539. The lowest BCUT2D eigenvalue weighted by Gasteiger charge is -2.32. The van der Waals surface area contributed by atoms with Gasteiger partial charge in [0.2, 0.25) is 0 Å². The van der Waals surface area contributed by atoms with E-state index < -0.39 is 21.6 Å². The van der Waals surface area contributed by atoms with E-state index in [0.29, 0.717) is 26.1 Å². The molecule has 5 heteroatoms. The third-order valence-electron chi connectivity index (χ3n) is 2.76. The van der Waals surface area contributed by atoms with Gasteiger partial charge in [0.1, 0.15) is 10.9 Å². The summed E-state index contributed by atoms with van der Waals surface area (Å²) < 4.78 is 19.4. The number of hydrogen-bond donors (Lipinski definition) is 0. The normalized spacial score (nSPS) is 24.4. The van der Waals surface area contributed by atoms with Gasteiger partial charge in [0.05, 0.1) is 6.61 Å². The van der Waals surface area contributed by atoms with E-state index in [-0.39, 0.29) is 5.97 Å². The fraction of sp³-hybridized carbons (Fsp3) is 0.818. The Morgan fingerprint density at radius 1 is 1.69 bits per heavy atom. The predicted octanol–water partition coefficient (Wildman–Crippen LogP) is 1.99. The van der Waals surface area contributed by atoms with Gasteiger partial charge in [-0.3, -0.25) is 9.10 Å². The minimum Gasteiger partial charge on any atom is -0.465 e. The van der Waals surface area contributed by atoms with Gasteiger partial charge in [0.15, 0.2) is 0 Å². The molecule has 0 aromatic heterocycles. The van der Waals surface area contributed by atoms with Crippen molar-refractivity contribution in [3.63, 3.8) is 0 Å². The largest absolute Gasteiger partial charge is 0.465 e. The van der Waals surface area contributed by atoms with E-state index in [9.17, 15) is 9.18 Å². The lowest BCUT2D eigenvalue weighted by atomic mass is 10.2. The SMILES string of the molecule is C=S(N1CC[C@@H](F)C1)C(C)(C)C(=O)OCC. The number of esters is 1. The molecular formula is C11H20FNO2S. The molecule has 0 spiro atoms. The van der Waals surface area contributed by atoms with Gasteiger partial charge in [-0.05, 0) is 27.2 Å². The minimum atomic E-state index is -0.783. The van der Waals surface area contributed by atoms with Crippen LogP contribution < -0.4 is 0 Å². The van der Waals surface area contributed by atoms with Crippen LogP contribution >= 0.6 is 10.7 Å². The van der Waals surface area contributed by atoms with Crippen molar-refractivity contribution in [3.05, 3.63) is 0 Å². The fourth-order valence-electron chi connectivity index (χ4n) is 1.61. The number of carbonyl (C=O) groups excluding carboxylic acids is 1. The second-order valence-electron chi connectivity index (χ2n) is 4.37. The summed E-state index contributed by atoms with van der Waals surface area (Å²) in [4.78, 5) is 11.8. The van der Waals surface area contributed by atoms with Crippen molar-refractivity contribution in [1.82, 2.24) is 4.31 Å². The molecule has 0 N–H and O–H groups in total. The van der Waals surface area contributed by atoms with Gasteiger partial charge in [-0.1, -0.05) is 5.87 Å². The standard InChI is InChI=1S/C11H20FNO2S/c1-5-15-10(14)11(2,3)16(4)13-7-6-9(12)8-13/h9H,4-8H2,1-3H3/t9-,16?/m1/s1. The van der Waals surface area contributed by atoms with Crippen LogP contribution in [-0.2, 0) is 9.53 Å². The van der Waals surface area contributed by atoms with Gasteiger partial charge < -0.3 is 4.74 Å². The smallest absolute Gasteiger partial charge is 0.322 e. The van der Waals surface area contributed by atoms with E-state index >= 15 is 0 Å². The van der Waals surface area contributed by atoms with Crippen LogP contribution in [0.25, 0.3) is 0 Å². The van der Waals surface area contributed by atoms with Crippen molar-refractivity contribution in [1.29, 1.82) is 0 Å².